The summed E-state index contributed by atoms with van der Waals surface area (Å²) in [4.78, 5) is 39.8. The second-order valence-electron chi connectivity index (χ2n) is 13.5. The lowest BCUT2D eigenvalue weighted by atomic mass is 9.91. The number of nitrogens with zero attached hydrogens (tertiary/aromatic N) is 4. The van der Waals surface area contributed by atoms with E-state index >= 15 is 0 Å². The van der Waals surface area contributed by atoms with Crippen LogP contribution in [0.3, 0.4) is 0 Å². The van der Waals surface area contributed by atoms with Crippen molar-refractivity contribution in [3.8, 4) is 11.4 Å². The Kier molecular flexibility index (Phi) is 12.6. The normalized spacial score (nSPS) is 17.5. The topological polar surface area (TPSA) is 120 Å². The van der Waals surface area contributed by atoms with Crippen LogP contribution >= 0.6 is 0 Å². The zero-order chi connectivity index (χ0) is 32.4. The van der Waals surface area contributed by atoms with E-state index in [1.54, 1.807) is 18.7 Å². The number of carbonyl (C=O) groups excluding carboxylic acids is 2. The summed E-state index contributed by atoms with van der Waals surface area (Å²) in [5, 5.41) is 15.7. The van der Waals surface area contributed by atoms with E-state index in [0.717, 1.165) is 42.0 Å². The van der Waals surface area contributed by atoms with Gasteiger partial charge in [-0.3, -0.25) is 4.79 Å². The summed E-state index contributed by atoms with van der Waals surface area (Å²) in [5.41, 5.74) is 2.58. The number of amides is 3. The van der Waals surface area contributed by atoms with Gasteiger partial charge in [-0.25, -0.2) is 14.8 Å². The van der Waals surface area contributed by atoms with Crippen molar-refractivity contribution in [2.75, 3.05) is 49.7 Å². The molecule has 3 N–H and O–H groups in total. The first kappa shape index (κ1) is 34.6. The van der Waals surface area contributed by atoms with Crippen LogP contribution in [0.15, 0.2) is 24.3 Å². The van der Waals surface area contributed by atoms with Crippen molar-refractivity contribution in [3.63, 3.8) is 0 Å². The van der Waals surface area contributed by atoms with Gasteiger partial charge in [-0.1, -0.05) is 46.0 Å². The molecule has 10 nitrogen and oxygen atoms in total. The number of aromatic nitrogens is 2. The van der Waals surface area contributed by atoms with E-state index in [0.29, 0.717) is 56.7 Å². The van der Waals surface area contributed by atoms with Gasteiger partial charge in [0.05, 0.1) is 43.5 Å². The van der Waals surface area contributed by atoms with Crippen molar-refractivity contribution in [3.05, 3.63) is 35.5 Å². The standard InChI is InChI=1S/C35H54N6O4/c1-6-7-8-9-11-25(2)12-10-18-36-34(44)37-28-15-13-27(14-16-28)31-38-30-22-40(33(43)35(4,5)24-42)19-17-29(30)32(39-31)41-20-21-45-23-26(41)3/h13-16,25-26,42H,6-12,17-24H2,1-5H3,(H2,36,37,44). The Balaban J connectivity index is 1.42. The van der Waals surface area contributed by atoms with Crippen molar-refractivity contribution >= 4 is 23.4 Å². The summed E-state index contributed by atoms with van der Waals surface area (Å²) < 4.78 is 5.70. The van der Waals surface area contributed by atoms with Gasteiger partial charge in [-0.2, -0.15) is 0 Å². The molecule has 2 aliphatic rings. The Hall–Kier alpha value is -3.24. The molecule has 1 fully saturated rings. The summed E-state index contributed by atoms with van der Waals surface area (Å²) >= 11 is 0. The molecule has 1 saturated heterocycles. The van der Waals surface area contributed by atoms with Gasteiger partial charge in [0.15, 0.2) is 5.82 Å². The third-order valence-electron chi connectivity index (χ3n) is 9.06. The predicted molar refractivity (Wildman–Crippen MR) is 179 cm³/mol. The van der Waals surface area contributed by atoms with Crippen LogP contribution in [0.4, 0.5) is 16.3 Å². The molecule has 2 unspecified atom stereocenters. The smallest absolute Gasteiger partial charge is 0.319 e. The SMILES string of the molecule is CCCCCCC(C)CCCNC(=O)Nc1ccc(-c2nc3c(c(N4CCOCC4C)n2)CCN(C(=O)C(C)(C)CO)C3)cc1. The number of rotatable bonds is 14. The van der Waals surface area contributed by atoms with Crippen molar-refractivity contribution < 1.29 is 19.4 Å². The molecule has 3 amide bonds. The minimum absolute atomic E-state index is 0.0808. The van der Waals surface area contributed by atoms with Crippen LogP contribution in [0, 0.1) is 11.3 Å². The Morgan fingerprint density at radius 3 is 2.56 bits per heavy atom. The highest BCUT2D eigenvalue weighted by Gasteiger charge is 2.35. The third-order valence-corrected chi connectivity index (χ3v) is 9.06. The number of benzene rings is 1. The second kappa shape index (κ2) is 16.4. The molecule has 0 bridgehead atoms. The summed E-state index contributed by atoms with van der Waals surface area (Å²) in [5.74, 6) is 2.09. The highest BCUT2D eigenvalue weighted by Crippen LogP contribution is 2.33. The molecule has 2 aromatic rings. The van der Waals surface area contributed by atoms with E-state index in [-0.39, 0.29) is 24.6 Å². The van der Waals surface area contributed by atoms with Crippen molar-refractivity contribution in [2.45, 2.75) is 98.6 Å². The molecule has 0 aliphatic carbocycles. The molecule has 4 rings (SSSR count). The number of aliphatic hydroxyl groups is 1. The summed E-state index contributed by atoms with van der Waals surface area (Å²) in [6.07, 6.45) is 9.20. The van der Waals surface area contributed by atoms with Crippen molar-refractivity contribution in [1.82, 2.24) is 20.2 Å². The molecule has 2 atom stereocenters. The lowest BCUT2D eigenvalue weighted by Crippen LogP contribution is -2.47. The summed E-state index contributed by atoms with van der Waals surface area (Å²) in [6, 6.07) is 7.54. The molecule has 0 spiro atoms. The zero-order valence-electron chi connectivity index (χ0n) is 28.0. The highest BCUT2D eigenvalue weighted by atomic mass is 16.5. The molecule has 0 radical (unpaired) electrons. The van der Waals surface area contributed by atoms with Gasteiger partial charge in [0.1, 0.15) is 5.82 Å². The van der Waals surface area contributed by atoms with Crippen LogP contribution < -0.4 is 15.5 Å². The molecule has 3 heterocycles. The summed E-state index contributed by atoms with van der Waals surface area (Å²) in [7, 11) is 0. The largest absolute Gasteiger partial charge is 0.395 e. The van der Waals surface area contributed by atoms with Crippen LogP contribution in [-0.2, 0) is 22.5 Å². The maximum absolute atomic E-state index is 13.2. The lowest BCUT2D eigenvalue weighted by Gasteiger charge is -2.39. The van der Waals surface area contributed by atoms with E-state index < -0.39 is 5.41 Å². The number of hydrogen-bond acceptors (Lipinski definition) is 7. The third kappa shape index (κ3) is 9.39. The van der Waals surface area contributed by atoms with Crippen LogP contribution in [0.1, 0.15) is 90.8 Å². The number of carbonyl (C=O) groups is 2. The van der Waals surface area contributed by atoms with Gasteiger partial charge in [0.25, 0.3) is 0 Å². The first-order valence-electron chi connectivity index (χ1n) is 16.9. The lowest BCUT2D eigenvalue weighted by molar-refractivity contribution is -0.143. The number of anilines is 2. The van der Waals surface area contributed by atoms with Gasteiger partial charge in [-0.05, 0) is 70.2 Å². The molecular weight excluding hydrogens is 568 g/mol. The predicted octanol–water partition coefficient (Wildman–Crippen LogP) is 5.78. The van der Waals surface area contributed by atoms with E-state index in [1.165, 1.54) is 32.1 Å². The molecule has 248 valence electrons. The second-order valence-corrected chi connectivity index (χ2v) is 13.5. The number of morpholine rings is 1. The molecule has 45 heavy (non-hydrogen) atoms. The first-order valence-corrected chi connectivity index (χ1v) is 16.9. The van der Waals surface area contributed by atoms with Gasteiger partial charge in [0, 0.05) is 36.4 Å². The van der Waals surface area contributed by atoms with Gasteiger partial charge in [0.2, 0.25) is 5.91 Å². The number of hydrogen-bond donors (Lipinski definition) is 3. The van der Waals surface area contributed by atoms with Crippen LogP contribution in [-0.4, -0.2) is 77.4 Å². The van der Waals surface area contributed by atoms with Crippen molar-refractivity contribution in [2.24, 2.45) is 11.3 Å². The Morgan fingerprint density at radius 1 is 1.09 bits per heavy atom. The first-order chi connectivity index (χ1) is 21.6. The van der Waals surface area contributed by atoms with Crippen LogP contribution in [0.25, 0.3) is 11.4 Å². The number of fused-ring (bicyclic) bond motifs is 1. The Labute approximate surface area is 269 Å². The Bertz CT molecular complexity index is 1270. The van der Waals surface area contributed by atoms with Gasteiger partial charge in [-0.15, -0.1) is 0 Å². The highest BCUT2D eigenvalue weighted by molar-refractivity contribution is 5.89. The molecule has 10 heteroatoms. The number of ether oxygens (including phenoxy) is 1. The van der Waals surface area contributed by atoms with E-state index in [2.05, 4.69) is 36.3 Å². The van der Waals surface area contributed by atoms with Gasteiger partial charge >= 0.3 is 6.03 Å². The average Bonchev–Trinajstić information content (AvgIpc) is 3.04. The number of urea groups is 1. The number of aliphatic hydroxyl groups excluding tert-OH is 1. The quantitative estimate of drug-likeness (QED) is 0.229. The number of nitrogens with one attached hydrogen (secondary N) is 2. The molecular formula is C35H54N6O4. The van der Waals surface area contributed by atoms with E-state index in [9.17, 15) is 14.7 Å². The number of unbranched alkanes of at least 4 members (excludes halogenated alkanes) is 3. The van der Waals surface area contributed by atoms with Crippen LogP contribution in [0.5, 0.6) is 0 Å². The monoisotopic (exact) mass is 622 g/mol. The van der Waals surface area contributed by atoms with Gasteiger partial charge < -0.3 is 30.3 Å². The minimum Gasteiger partial charge on any atom is -0.395 e. The van der Waals surface area contributed by atoms with E-state index in [1.807, 2.05) is 24.3 Å². The fourth-order valence-corrected chi connectivity index (χ4v) is 6.08. The van der Waals surface area contributed by atoms with Crippen molar-refractivity contribution in [1.29, 1.82) is 0 Å². The summed E-state index contributed by atoms with van der Waals surface area (Å²) in [6.45, 7) is 13.6. The fourth-order valence-electron chi connectivity index (χ4n) is 6.08. The maximum atomic E-state index is 13.2. The zero-order valence-corrected chi connectivity index (χ0v) is 28.0. The van der Waals surface area contributed by atoms with E-state index in [4.69, 9.17) is 14.7 Å². The Morgan fingerprint density at radius 2 is 1.84 bits per heavy atom. The van der Waals surface area contributed by atoms with Crippen LogP contribution in [0.2, 0.25) is 0 Å². The average molecular weight is 623 g/mol. The fraction of sp³-hybridized carbons (Fsp3) is 0.657. The molecule has 1 aromatic heterocycles. The molecule has 2 aliphatic heterocycles. The minimum atomic E-state index is -0.851. The molecule has 0 saturated carbocycles. The maximum Gasteiger partial charge on any atom is 0.319 e. The molecule has 1 aromatic carbocycles.